The van der Waals surface area contributed by atoms with E-state index in [1.54, 1.807) is 12.1 Å². The molecule has 0 radical (unpaired) electrons. The van der Waals surface area contributed by atoms with Crippen LogP contribution >= 0.6 is 39.9 Å². The lowest BCUT2D eigenvalue weighted by molar-refractivity contribution is 0.243. The number of halogens is 3. The van der Waals surface area contributed by atoms with E-state index in [9.17, 15) is 8.42 Å². The van der Waals surface area contributed by atoms with E-state index in [0.29, 0.717) is 22.6 Å². The quantitative estimate of drug-likeness (QED) is 0.820. The molecule has 1 saturated heterocycles. The van der Waals surface area contributed by atoms with Crippen LogP contribution in [0.3, 0.4) is 0 Å². The average molecular weight is 418 g/mol. The van der Waals surface area contributed by atoms with E-state index < -0.39 is 10.0 Å². The maximum Gasteiger partial charge on any atom is 0.244 e. The summed E-state index contributed by atoms with van der Waals surface area (Å²) in [7, 11) is -3.50. The SMILES string of the molecule is CC(N)C1CCCN(S(=O)(=O)c2ccc(Cl)cc2Br)C1.Cl. The van der Waals surface area contributed by atoms with Crippen LogP contribution in [0.4, 0.5) is 0 Å². The van der Waals surface area contributed by atoms with Gasteiger partial charge in [-0.3, -0.25) is 0 Å². The lowest BCUT2D eigenvalue weighted by Gasteiger charge is -2.33. The summed E-state index contributed by atoms with van der Waals surface area (Å²) in [6.07, 6.45) is 1.82. The molecule has 2 atom stereocenters. The largest absolute Gasteiger partial charge is 0.328 e. The Morgan fingerprint density at radius 3 is 2.71 bits per heavy atom. The summed E-state index contributed by atoms with van der Waals surface area (Å²) < 4.78 is 27.4. The Morgan fingerprint density at radius 1 is 1.48 bits per heavy atom. The number of nitrogens with two attached hydrogens (primary N) is 1. The molecule has 21 heavy (non-hydrogen) atoms. The molecule has 2 unspecified atom stereocenters. The van der Waals surface area contributed by atoms with Gasteiger partial charge in [-0.2, -0.15) is 4.31 Å². The number of hydrogen-bond donors (Lipinski definition) is 1. The van der Waals surface area contributed by atoms with Crippen molar-refractivity contribution in [1.82, 2.24) is 4.31 Å². The molecule has 2 rings (SSSR count). The fourth-order valence-corrected chi connectivity index (χ4v) is 5.32. The highest BCUT2D eigenvalue weighted by Crippen LogP contribution is 2.30. The minimum Gasteiger partial charge on any atom is -0.328 e. The smallest absolute Gasteiger partial charge is 0.244 e. The van der Waals surface area contributed by atoms with Gasteiger partial charge in [-0.15, -0.1) is 12.4 Å². The molecule has 2 N–H and O–H groups in total. The Bertz CT molecular complexity index is 596. The third-order valence-electron chi connectivity index (χ3n) is 3.68. The zero-order valence-corrected chi connectivity index (χ0v) is 15.6. The van der Waals surface area contributed by atoms with Crippen molar-refractivity contribution >= 4 is 50.0 Å². The van der Waals surface area contributed by atoms with E-state index >= 15 is 0 Å². The van der Waals surface area contributed by atoms with E-state index in [2.05, 4.69) is 15.9 Å². The minimum absolute atomic E-state index is 0. The van der Waals surface area contributed by atoms with Crippen LogP contribution in [-0.2, 0) is 10.0 Å². The van der Waals surface area contributed by atoms with E-state index in [0.717, 1.165) is 12.8 Å². The molecule has 1 fully saturated rings. The van der Waals surface area contributed by atoms with Gasteiger partial charge in [0.25, 0.3) is 0 Å². The van der Waals surface area contributed by atoms with E-state index in [4.69, 9.17) is 17.3 Å². The fourth-order valence-electron chi connectivity index (χ4n) is 2.44. The molecule has 1 aromatic rings. The molecule has 1 aliphatic heterocycles. The Balaban J connectivity index is 0.00000220. The van der Waals surface area contributed by atoms with E-state index in [1.807, 2.05) is 6.92 Å². The molecule has 4 nitrogen and oxygen atoms in total. The van der Waals surface area contributed by atoms with Crippen molar-refractivity contribution in [2.24, 2.45) is 11.7 Å². The van der Waals surface area contributed by atoms with Crippen LogP contribution < -0.4 is 5.73 Å². The highest BCUT2D eigenvalue weighted by Gasteiger charge is 2.32. The molecule has 1 aliphatic rings. The lowest BCUT2D eigenvalue weighted by Crippen LogP contribution is -2.45. The first-order valence-corrected chi connectivity index (χ1v) is 9.14. The Morgan fingerprint density at radius 2 is 2.14 bits per heavy atom. The molecule has 8 heteroatoms. The maximum atomic E-state index is 12.7. The molecule has 0 amide bonds. The van der Waals surface area contributed by atoms with Crippen LogP contribution in [0.15, 0.2) is 27.6 Å². The Labute approximate surface area is 145 Å². The topological polar surface area (TPSA) is 63.4 Å². The Kier molecular flexibility index (Phi) is 6.96. The van der Waals surface area contributed by atoms with Gasteiger partial charge < -0.3 is 5.73 Å². The summed E-state index contributed by atoms with van der Waals surface area (Å²) in [4.78, 5) is 0.257. The first-order chi connectivity index (χ1) is 9.32. The maximum absolute atomic E-state index is 12.7. The summed E-state index contributed by atoms with van der Waals surface area (Å²) in [5, 5.41) is 0.503. The molecule has 0 aromatic heterocycles. The summed E-state index contributed by atoms with van der Waals surface area (Å²) >= 11 is 9.14. The number of nitrogens with zero attached hydrogens (tertiary/aromatic N) is 1. The second kappa shape index (κ2) is 7.62. The van der Waals surface area contributed by atoms with Crippen molar-refractivity contribution in [3.8, 4) is 0 Å². The number of hydrogen-bond acceptors (Lipinski definition) is 3. The molecule has 120 valence electrons. The van der Waals surface area contributed by atoms with Crippen LogP contribution in [0.5, 0.6) is 0 Å². The van der Waals surface area contributed by atoms with Gasteiger partial charge in [-0.1, -0.05) is 11.6 Å². The normalized spacial score (nSPS) is 21.6. The van der Waals surface area contributed by atoms with Crippen molar-refractivity contribution in [3.05, 3.63) is 27.7 Å². The van der Waals surface area contributed by atoms with Crippen molar-refractivity contribution in [3.63, 3.8) is 0 Å². The highest BCUT2D eigenvalue weighted by molar-refractivity contribution is 9.10. The van der Waals surface area contributed by atoms with Crippen molar-refractivity contribution in [1.29, 1.82) is 0 Å². The second-order valence-electron chi connectivity index (χ2n) is 5.20. The summed E-state index contributed by atoms with van der Waals surface area (Å²) in [6.45, 7) is 2.95. The molecular weight excluding hydrogens is 399 g/mol. The zero-order chi connectivity index (χ0) is 14.9. The van der Waals surface area contributed by atoms with Crippen molar-refractivity contribution in [2.75, 3.05) is 13.1 Å². The van der Waals surface area contributed by atoms with Crippen LogP contribution in [-0.4, -0.2) is 31.9 Å². The summed E-state index contributed by atoms with van der Waals surface area (Å²) in [5.41, 5.74) is 5.91. The molecular formula is C13H19BrCl2N2O2S. The summed E-state index contributed by atoms with van der Waals surface area (Å²) in [6, 6.07) is 4.73. The van der Waals surface area contributed by atoms with Gasteiger partial charge in [0.1, 0.15) is 0 Å². The van der Waals surface area contributed by atoms with Gasteiger partial charge in [0.05, 0.1) is 4.90 Å². The van der Waals surface area contributed by atoms with Gasteiger partial charge >= 0.3 is 0 Å². The van der Waals surface area contributed by atoms with Gasteiger partial charge in [-0.25, -0.2) is 8.42 Å². The zero-order valence-electron chi connectivity index (χ0n) is 11.6. The molecule has 1 aromatic carbocycles. The van der Waals surface area contributed by atoms with Crippen LogP contribution in [0.25, 0.3) is 0 Å². The average Bonchev–Trinajstić information content (AvgIpc) is 2.38. The molecule has 0 saturated carbocycles. The lowest BCUT2D eigenvalue weighted by atomic mass is 9.93. The Hall–Kier alpha value is 0.150. The molecule has 0 spiro atoms. The van der Waals surface area contributed by atoms with E-state index in [1.165, 1.54) is 10.4 Å². The molecule has 0 bridgehead atoms. The van der Waals surface area contributed by atoms with Crippen molar-refractivity contribution in [2.45, 2.75) is 30.7 Å². The second-order valence-corrected chi connectivity index (χ2v) is 8.40. The van der Waals surface area contributed by atoms with Crippen LogP contribution in [0.2, 0.25) is 5.02 Å². The standard InChI is InChI=1S/C13H18BrClN2O2S.ClH/c1-9(16)10-3-2-6-17(8-10)20(18,19)13-5-4-11(15)7-12(13)14;/h4-5,7,9-10H,2-3,6,8,16H2,1H3;1H. The number of sulfonamides is 1. The van der Waals surface area contributed by atoms with Gasteiger partial charge in [-0.05, 0) is 59.8 Å². The van der Waals surface area contributed by atoms with Crippen LogP contribution in [0, 0.1) is 5.92 Å². The first-order valence-electron chi connectivity index (χ1n) is 6.53. The number of piperidine rings is 1. The predicted molar refractivity (Wildman–Crippen MR) is 91.5 cm³/mol. The number of rotatable bonds is 3. The van der Waals surface area contributed by atoms with Gasteiger partial charge in [0.15, 0.2) is 0 Å². The third-order valence-corrected chi connectivity index (χ3v) is 6.75. The first kappa shape index (κ1) is 19.2. The number of benzene rings is 1. The van der Waals surface area contributed by atoms with E-state index in [-0.39, 0.29) is 29.3 Å². The predicted octanol–water partition coefficient (Wildman–Crippen LogP) is 3.27. The molecule has 0 aliphatic carbocycles. The van der Waals surface area contributed by atoms with Crippen molar-refractivity contribution < 1.29 is 8.42 Å². The summed E-state index contributed by atoms with van der Waals surface area (Å²) in [5.74, 6) is 0.213. The molecule has 1 heterocycles. The highest BCUT2D eigenvalue weighted by atomic mass is 79.9. The van der Waals surface area contributed by atoms with Crippen LogP contribution in [0.1, 0.15) is 19.8 Å². The van der Waals surface area contributed by atoms with Gasteiger partial charge in [0, 0.05) is 28.6 Å². The third kappa shape index (κ3) is 4.33. The minimum atomic E-state index is -3.50. The monoisotopic (exact) mass is 416 g/mol. The van der Waals surface area contributed by atoms with Gasteiger partial charge in [0.2, 0.25) is 10.0 Å². The fraction of sp³-hybridized carbons (Fsp3) is 0.538.